The molecule has 0 aromatic carbocycles. The van der Waals surface area contributed by atoms with E-state index < -0.39 is 54.6 Å². The number of phosphoric acid groups is 3. The van der Waals surface area contributed by atoms with Gasteiger partial charge >= 0.3 is 23.5 Å². The number of aromatic nitrogens is 4. The van der Waals surface area contributed by atoms with E-state index in [2.05, 4.69) is 28.1 Å². The Morgan fingerprint density at radius 2 is 1.64 bits per heavy atom. The fourth-order valence-electron chi connectivity index (χ4n) is 2.62. The van der Waals surface area contributed by atoms with E-state index in [9.17, 15) is 28.8 Å². The number of aliphatic hydroxyl groups is 2. The second-order valence-electron chi connectivity index (χ2n) is 6.02. The third-order valence-electron chi connectivity index (χ3n) is 3.82. The van der Waals surface area contributed by atoms with Crippen molar-refractivity contribution in [1.82, 2.24) is 19.5 Å². The second-order valence-corrected chi connectivity index (χ2v) is 10.4. The third-order valence-corrected chi connectivity index (χ3v) is 7.62. The fourth-order valence-corrected chi connectivity index (χ4v) is 5.65. The Hall–Kier alpha value is 0.640. The van der Waals surface area contributed by atoms with E-state index >= 15 is 0 Å². The topological polar surface area (TPSA) is 279 Å². The van der Waals surface area contributed by atoms with E-state index in [4.69, 9.17) is 25.2 Å². The fraction of sp³-hybridized carbons (Fsp3) is 0.500. The second kappa shape index (κ2) is 11.8. The Balaban J connectivity index is 0.00000272. The molecule has 33 heavy (non-hydrogen) atoms. The number of rotatable bonds is 8. The van der Waals surface area contributed by atoms with Crippen LogP contribution in [0.4, 0.5) is 5.82 Å². The summed E-state index contributed by atoms with van der Waals surface area (Å²) in [6.07, 6.45) is -3.69. The van der Waals surface area contributed by atoms with E-state index in [1.807, 2.05) is 0 Å². The van der Waals surface area contributed by atoms with E-state index in [0.29, 0.717) is 0 Å². The van der Waals surface area contributed by atoms with Gasteiger partial charge in [-0.1, -0.05) is 0 Å². The Bertz CT molecular complexity index is 1120. The molecule has 3 heterocycles. The summed E-state index contributed by atoms with van der Waals surface area (Å²) in [5, 5.41) is 20.4. The number of hydrogen-bond acceptors (Lipinski definition) is 13. The first kappa shape index (κ1) is 31.7. The molecule has 23 heteroatoms. The zero-order chi connectivity index (χ0) is 23.2. The van der Waals surface area contributed by atoms with Crippen LogP contribution >= 0.6 is 23.5 Å². The number of phosphoric ester groups is 1. The van der Waals surface area contributed by atoms with Gasteiger partial charge in [-0.25, -0.2) is 28.6 Å². The van der Waals surface area contributed by atoms with Gasteiger partial charge in [0.1, 0.15) is 30.2 Å². The van der Waals surface area contributed by atoms with Gasteiger partial charge in [0, 0.05) is 59.1 Å². The first-order valence-electron chi connectivity index (χ1n) is 7.92. The van der Waals surface area contributed by atoms with Crippen LogP contribution in [-0.4, -0.2) is 133 Å². The average Bonchev–Trinajstić information content (AvgIpc) is 3.13. The summed E-state index contributed by atoms with van der Waals surface area (Å²) in [6, 6.07) is 0. The molecule has 0 amide bonds. The monoisotopic (exact) mass is 568 g/mol. The molecule has 0 bridgehead atoms. The van der Waals surface area contributed by atoms with Gasteiger partial charge in [-0.05, 0) is 0 Å². The van der Waals surface area contributed by atoms with Crippen molar-refractivity contribution < 1.29 is 61.4 Å². The van der Waals surface area contributed by atoms with Crippen LogP contribution in [-0.2, 0) is 31.6 Å². The maximum Gasteiger partial charge on any atom is 0.490 e. The molecule has 18 nitrogen and oxygen atoms in total. The normalized spacial score (nSPS) is 26.7. The minimum Gasteiger partial charge on any atom is -0.387 e. The quantitative estimate of drug-likeness (QED) is 0.0757. The van der Waals surface area contributed by atoms with Gasteiger partial charge in [0.05, 0.1) is 12.9 Å². The third kappa shape index (κ3) is 8.06. The van der Waals surface area contributed by atoms with Gasteiger partial charge < -0.3 is 40.3 Å². The molecule has 1 aliphatic heterocycles. The summed E-state index contributed by atoms with van der Waals surface area (Å²) in [4.78, 5) is 47.2. The molecule has 0 spiro atoms. The van der Waals surface area contributed by atoms with Gasteiger partial charge in [-0.15, -0.1) is 0 Å². The van der Waals surface area contributed by atoms with E-state index in [-0.39, 0.29) is 76.1 Å². The van der Waals surface area contributed by atoms with Crippen LogP contribution in [0.3, 0.4) is 0 Å². The van der Waals surface area contributed by atoms with E-state index in [0.717, 1.165) is 6.33 Å². The van der Waals surface area contributed by atoms with E-state index in [1.54, 1.807) is 0 Å². The standard InChI is InChI=1S/C10H16N5O13P3.2Na/c11-8-5-9(13-2-12-8)15(3-14-5)10-7(17)6(16)4(26-10)1-25-30(21,22)28-31(23,24)27-29(18,19)20;;/h2-4,6-7,10,16-17H,1H2,(H,21,22)(H,23,24)(H2,11,12,13)(H2,18,19,20);;/t4-,6-,7-,10-;;/m1../s1/i1+1,2+1,3+1,4+1,5+1,6+1,7+1,8+1,9+1,10+1,11+1,12+1,13+1,14+1,15+1;;. The molecule has 2 unspecified atom stereocenters. The summed E-state index contributed by atoms with van der Waals surface area (Å²) >= 11 is 0. The van der Waals surface area contributed by atoms with Crippen LogP contribution in [0.1, 0.15) is 6.23 Å². The number of aliphatic hydroxyl groups excluding tert-OH is 2. The van der Waals surface area contributed by atoms with Crippen LogP contribution in [0.5, 0.6) is 0 Å². The van der Waals surface area contributed by atoms with Crippen LogP contribution in [0, 0.1) is 0 Å². The first-order chi connectivity index (χ1) is 14.2. The average molecular weight is 568 g/mol. The molecule has 1 aliphatic rings. The molecular formula is C10H16N5Na2O13P3. The maximum absolute atomic E-state index is 11.8. The number of anilines is 1. The van der Waals surface area contributed by atoms with Gasteiger partial charge in [0.2, 0.25) is 0 Å². The molecule has 8 N–H and O–H groups in total. The first-order valence-corrected chi connectivity index (χ1v) is 12.4. The molecule has 6 atom stereocenters. The van der Waals surface area contributed by atoms with Crippen LogP contribution in [0.25, 0.3) is 11.2 Å². The summed E-state index contributed by atoms with van der Waals surface area (Å²) in [6.45, 7) is -0.956. The van der Waals surface area contributed by atoms with Gasteiger partial charge in [0.15, 0.2) is 17.7 Å². The van der Waals surface area contributed by atoms with Crippen molar-refractivity contribution in [3.05, 3.63) is 12.7 Å². The molecule has 0 saturated carbocycles. The van der Waals surface area contributed by atoms with Crippen molar-refractivity contribution in [2.24, 2.45) is 0 Å². The van der Waals surface area contributed by atoms with Gasteiger partial charge in [0.25, 0.3) is 0 Å². The van der Waals surface area contributed by atoms with Crippen LogP contribution in [0.15, 0.2) is 12.7 Å². The largest absolute Gasteiger partial charge is 0.490 e. The molecule has 2 radical (unpaired) electrons. The number of nitrogen functional groups attached to an aromatic ring is 1. The Labute approximate surface area is 228 Å². The van der Waals surface area contributed by atoms with Crippen LogP contribution in [0.2, 0.25) is 0 Å². The van der Waals surface area contributed by atoms with Crippen molar-refractivity contribution >= 4 is 99.6 Å². The van der Waals surface area contributed by atoms with Crippen molar-refractivity contribution in [3.63, 3.8) is 0 Å². The zero-order valence-electron chi connectivity index (χ0n) is 16.9. The molecule has 1 saturated heterocycles. The molecule has 2 aromatic heterocycles. The summed E-state index contributed by atoms with van der Waals surface area (Å²) in [5.74, 6) is 0.0426. The molecule has 0 aliphatic carbocycles. The zero-order valence-corrected chi connectivity index (χ0v) is 23.6. The molecule has 3 rings (SSSR count). The number of ether oxygens (including phenoxy) is 1. The number of hydrogen-bond donors (Lipinski definition) is 7. The number of fused-ring (bicyclic) bond motifs is 1. The maximum atomic E-state index is 11.8. The summed E-state index contributed by atoms with van der Waals surface area (Å²) in [5.41, 5.74) is 6.00. The smallest absolute Gasteiger partial charge is 0.387 e. The number of imidazole rings is 1. The molecule has 1 fully saturated rings. The molecule has 176 valence electrons. The Morgan fingerprint density at radius 3 is 2.24 bits per heavy atom. The van der Waals surface area contributed by atoms with Crippen molar-refractivity contribution in [1.29, 1.82) is 0 Å². The Morgan fingerprint density at radius 1 is 1.00 bits per heavy atom. The van der Waals surface area contributed by atoms with E-state index in [1.165, 1.54) is 10.9 Å². The number of nitrogens with two attached hydrogens (primary N) is 1. The predicted octanol–water partition coefficient (Wildman–Crippen LogP) is -2.39. The Kier molecular flexibility index (Phi) is 11.3. The minimum atomic E-state index is -5.70. The van der Waals surface area contributed by atoms with Crippen molar-refractivity contribution in [3.8, 4) is 0 Å². The summed E-state index contributed by atoms with van der Waals surface area (Å²) < 4.78 is 51.9. The number of nitrogens with zero attached hydrogens (tertiary/aromatic N) is 4. The van der Waals surface area contributed by atoms with Gasteiger partial charge in [-0.3, -0.25) is 9.09 Å². The molecular weight excluding hydrogens is 552 g/mol. The van der Waals surface area contributed by atoms with Crippen molar-refractivity contribution in [2.45, 2.75) is 24.5 Å². The SMILES string of the molecule is [15NH2][13c]1[15n][13cH][15n][13c]2[13c]1[15n][13cH][15n]2[13C@@H]1O[13C@H]([13CH2]OP(=O)(O)OP(=O)(O)OP(=O)(O)O)[13C@@H](O)[13C@H]1O.[Na].[Na]. The van der Waals surface area contributed by atoms with Gasteiger partial charge in [-0.2, -0.15) is 8.62 Å². The summed E-state index contributed by atoms with van der Waals surface area (Å²) in [7, 11) is -16.7. The predicted molar refractivity (Wildman–Crippen MR) is 107 cm³/mol. The van der Waals surface area contributed by atoms with Crippen LogP contribution < -0.4 is 5.73 Å². The van der Waals surface area contributed by atoms with Crippen molar-refractivity contribution in [2.75, 3.05) is 12.3 Å². The molecule has 2 aromatic rings. The minimum absolute atomic E-state index is 0.